The summed E-state index contributed by atoms with van der Waals surface area (Å²) in [7, 11) is 0. The zero-order valence-electron chi connectivity index (χ0n) is 8.76. The largest absolute Gasteiger partial charge is 0.506 e. The normalized spacial score (nSPS) is 11.0. The molecular weight excluding hydrogens is 246 g/mol. The Hall–Kier alpha value is -2.01. The summed E-state index contributed by atoms with van der Waals surface area (Å²) in [6.07, 6.45) is 1.44. The van der Waals surface area contributed by atoms with E-state index < -0.39 is 5.97 Å². The molecule has 90 valence electrons. The Kier molecular flexibility index (Phi) is 4.54. The molecule has 0 aromatic heterocycles. The Morgan fingerprint density at radius 1 is 1.59 bits per heavy atom. The van der Waals surface area contributed by atoms with Crippen molar-refractivity contribution in [3.05, 3.63) is 41.4 Å². The van der Waals surface area contributed by atoms with Crippen molar-refractivity contribution in [2.24, 2.45) is 5.16 Å². The van der Waals surface area contributed by atoms with Crippen molar-refractivity contribution in [2.45, 2.75) is 0 Å². The molecule has 0 aliphatic heterocycles. The Balaban J connectivity index is 3.05. The number of nitrogens with zero attached hydrogens (tertiary/aromatic N) is 1. The van der Waals surface area contributed by atoms with Crippen LogP contribution in [0.5, 0.6) is 5.75 Å². The molecule has 0 aliphatic carbocycles. The molecule has 0 amide bonds. The first kappa shape index (κ1) is 13.1. The average molecular weight is 256 g/mol. The van der Waals surface area contributed by atoms with Gasteiger partial charge >= 0.3 is 5.97 Å². The van der Waals surface area contributed by atoms with E-state index in [9.17, 15) is 9.90 Å². The van der Waals surface area contributed by atoms with Crippen molar-refractivity contribution in [2.75, 3.05) is 6.61 Å². The van der Waals surface area contributed by atoms with Crippen LogP contribution in [-0.2, 0) is 9.63 Å². The Labute approximate surface area is 103 Å². The number of aliphatic carboxylic acids is 1. The first-order valence-electron chi connectivity index (χ1n) is 4.59. The minimum absolute atomic E-state index is 0.0418. The number of halogens is 1. The van der Waals surface area contributed by atoms with Gasteiger partial charge in [0.1, 0.15) is 12.4 Å². The van der Waals surface area contributed by atoms with Crippen molar-refractivity contribution >= 4 is 23.3 Å². The highest BCUT2D eigenvalue weighted by Gasteiger charge is 2.15. The van der Waals surface area contributed by atoms with Gasteiger partial charge in [-0.05, 0) is 18.2 Å². The first-order chi connectivity index (χ1) is 8.06. The predicted octanol–water partition coefficient (Wildman–Crippen LogP) is 2.04. The number of carboxylic acids is 1. The van der Waals surface area contributed by atoms with Crippen LogP contribution in [0.2, 0.25) is 5.02 Å². The number of benzene rings is 1. The van der Waals surface area contributed by atoms with E-state index in [-0.39, 0.29) is 28.7 Å². The molecule has 0 fully saturated rings. The summed E-state index contributed by atoms with van der Waals surface area (Å²) < 4.78 is 0. The quantitative estimate of drug-likeness (QED) is 0.365. The maximum atomic E-state index is 10.9. The maximum absolute atomic E-state index is 10.9. The molecule has 6 heteroatoms. The summed E-state index contributed by atoms with van der Waals surface area (Å²) in [4.78, 5) is 15.7. The lowest BCUT2D eigenvalue weighted by atomic mass is 10.1. The van der Waals surface area contributed by atoms with Crippen LogP contribution < -0.4 is 0 Å². The van der Waals surface area contributed by atoms with Gasteiger partial charge in [-0.3, -0.25) is 0 Å². The number of carbonyl (C=O) groups is 1. The van der Waals surface area contributed by atoms with Crippen LogP contribution in [-0.4, -0.2) is 28.5 Å². The van der Waals surface area contributed by atoms with Gasteiger partial charge in [0.2, 0.25) is 0 Å². The molecule has 0 bridgehead atoms. The lowest BCUT2D eigenvalue weighted by Gasteiger charge is -2.03. The highest BCUT2D eigenvalue weighted by atomic mass is 35.5. The zero-order chi connectivity index (χ0) is 12.8. The monoisotopic (exact) mass is 255 g/mol. The fourth-order valence-corrected chi connectivity index (χ4v) is 1.20. The third kappa shape index (κ3) is 3.49. The van der Waals surface area contributed by atoms with Crippen molar-refractivity contribution < 1.29 is 19.8 Å². The fourth-order valence-electron chi connectivity index (χ4n) is 1.02. The Morgan fingerprint density at radius 3 is 2.82 bits per heavy atom. The second kappa shape index (κ2) is 5.91. The molecule has 2 N–H and O–H groups in total. The van der Waals surface area contributed by atoms with Gasteiger partial charge in [0.05, 0.1) is 5.02 Å². The van der Waals surface area contributed by atoms with Crippen LogP contribution in [0, 0.1) is 0 Å². The maximum Gasteiger partial charge on any atom is 0.358 e. The lowest BCUT2D eigenvalue weighted by molar-refractivity contribution is -0.129. The minimum Gasteiger partial charge on any atom is -0.506 e. The van der Waals surface area contributed by atoms with E-state index >= 15 is 0 Å². The van der Waals surface area contributed by atoms with Crippen molar-refractivity contribution in [1.29, 1.82) is 0 Å². The molecule has 5 nitrogen and oxygen atoms in total. The van der Waals surface area contributed by atoms with Gasteiger partial charge in [0.15, 0.2) is 5.71 Å². The second-order valence-electron chi connectivity index (χ2n) is 3.00. The number of carboxylic acid groups (broad SMARTS) is 1. The molecular formula is C11H10ClNO4. The van der Waals surface area contributed by atoms with Gasteiger partial charge in [-0.2, -0.15) is 0 Å². The molecule has 1 aromatic carbocycles. The molecule has 17 heavy (non-hydrogen) atoms. The summed E-state index contributed by atoms with van der Waals surface area (Å²) in [6, 6.07) is 3.95. The first-order valence-corrected chi connectivity index (χ1v) is 4.97. The molecule has 1 aromatic rings. The minimum atomic E-state index is -1.25. The summed E-state index contributed by atoms with van der Waals surface area (Å²) in [5.74, 6) is -1.39. The average Bonchev–Trinajstić information content (AvgIpc) is 2.28. The zero-order valence-corrected chi connectivity index (χ0v) is 9.52. The van der Waals surface area contributed by atoms with E-state index in [2.05, 4.69) is 11.7 Å². The summed E-state index contributed by atoms with van der Waals surface area (Å²) >= 11 is 5.67. The third-order valence-electron chi connectivity index (χ3n) is 1.77. The Morgan fingerprint density at radius 2 is 2.29 bits per heavy atom. The topological polar surface area (TPSA) is 79.1 Å². The lowest BCUT2D eigenvalue weighted by Crippen LogP contribution is -2.15. The highest BCUT2D eigenvalue weighted by Crippen LogP contribution is 2.24. The molecule has 0 atom stereocenters. The van der Waals surface area contributed by atoms with Crippen molar-refractivity contribution in [3.63, 3.8) is 0 Å². The number of rotatable bonds is 5. The second-order valence-corrected chi connectivity index (χ2v) is 3.40. The van der Waals surface area contributed by atoms with Crippen LogP contribution in [0.15, 0.2) is 36.0 Å². The predicted molar refractivity (Wildman–Crippen MR) is 63.4 cm³/mol. The molecule has 0 unspecified atom stereocenters. The van der Waals surface area contributed by atoms with E-state index in [1.54, 1.807) is 0 Å². The molecule has 0 heterocycles. The smallest absolute Gasteiger partial charge is 0.358 e. The number of oxime groups is 1. The highest BCUT2D eigenvalue weighted by molar-refractivity contribution is 6.43. The molecule has 0 aliphatic rings. The number of hydrogen-bond donors (Lipinski definition) is 2. The Bertz CT molecular complexity index is 471. The number of phenolic OH excluding ortho intramolecular Hbond substituents is 1. The van der Waals surface area contributed by atoms with Crippen LogP contribution >= 0.6 is 11.6 Å². The summed E-state index contributed by atoms with van der Waals surface area (Å²) in [6.45, 7) is 3.50. The summed E-state index contributed by atoms with van der Waals surface area (Å²) in [5, 5.41) is 21.7. The summed E-state index contributed by atoms with van der Waals surface area (Å²) in [5.41, 5.74) is -0.0573. The van der Waals surface area contributed by atoms with Gasteiger partial charge < -0.3 is 15.1 Å². The van der Waals surface area contributed by atoms with Gasteiger partial charge in [-0.1, -0.05) is 29.4 Å². The number of aromatic hydroxyl groups is 1. The van der Waals surface area contributed by atoms with Crippen molar-refractivity contribution in [1.82, 2.24) is 0 Å². The van der Waals surface area contributed by atoms with Crippen LogP contribution in [0.1, 0.15) is 5.56 Å². The molecule has 0 radical (unpaired) electrons. The molecule has 1 rings (SSSR count). The van der Waals surface area contributed by atoms with Gasteiger partial charge in [-0.15, -0.1) is 0 Å². The fraction of sp³-hybridized carbons (Fsp3) is 0.0909. The van der Waals surface area contributed by atoms with Crippen LogP contribution in [0.4, 0.5) is 0 Å². The van der Waals surface area contributed by atoms with E-state index in [1.165, 1.54) is 24.3 Å². The van der Waals surface area contributed by atoms with E-state index in [4.69, 9.17) is 21.5 Å². The van der Waals surface area contributed by atoms with Gasteiger partial charge in [0.25, 0.3) is 0 Å². The molecule has 0 saturated heterocycles. The molecule has 0 saturated carbocycles. The standard InChI is InChI=1S/C11H10ClNO4/c1-2-5-17-13-10(11(15)16)7-3-4-9(14)8(12)6-7/h2-4,6,14H,1,5H2,(H,15,16)/b13-10-. The number of phenols is 1. The SMILES string of the molecule is C=CCO/N=C(\C(=O)O)c1ccc(O)c(Cl)c1. The van der Waals surface area contributed by atoms with Crippen LogP contribution in [0.25, 0.3) is 0 Å². The van der Waals surface area contributed by atoms with Gasteiger partial charge in [-0.25, -0.2) is 4.79 Å². The van der Waals surface area contributed by atoms with E-state index in [1.807, 2.05) is 0 Å². The third-order valence-corrected chi connectivity index (χ3v) is 2.07. The van der Waals surface area contributed by atoms with Crippen LogP contribution in [0.3, 0.4) is 0 Å². The van der Waals surface area contributed by atoms with E-state index in [0.29, 0.717) is 0 Å². The van der Waals surface area contributed by atoms with Crippen molar-refractivity contribution in [3.8, 4) is 5.75 Å². The molecule has 0 spiro atoms. The van der Waals surface area contributed by atoms with E-state index in [0.717, 1.165) is 0 Å². The number of hydrogen-bond acceptors (Lipinski definition) is 4. The van der Waals surface area contributed by atoms with Gasteiger partial charge in [0, 0.05) is 5.56 Å².